The first-order valence-corrected chi connectivity index (χ1v) is 6.12. The Balaban J connectivity index is 1.91. The molecule has 0 bridgehead atoms. The van der Waals surface area contributed by atoms with Crippen molar-refractivity contribution >= 4 is 11.7 Å². The molecule has 1 aliphatic rings. The molecule has 5 nitrogen and oxygen atoms in total. The molecule has 0 aliphatic carbocycles. The molecule has 0 spiro atoms. The van der Waals surface area contributed by atoms with E-state index in [2.05, 4.69) is 22.2 Å². The second-order valence-electron chi connectivity index (χ2n) is 4.24. The third-order valence-electron chi connectivity index (χ3n) is 2.79. The lowest BCUT2D eigenvalue weighted by molar-refractivity contribution is -0.128. The minimum Gasteiger partial charge on any atom is -0.369 e. The van der Waals surface area contributed by atoms with Crippen LogP contribution in [-0.2, 0) is 11.3 Å². The van der Waals surface area contributed by atoms with Crippen LogP contribution in [-0.4, -0.2) is 33.9 Å². The van der Waals surface area contributed by atoms with E-state index >= 15 is 0 Å². The Kier molecular flexibility index (Phi) is 3.90. The van der Waals surface area contributed by atoms with Crippen molar-refractivity contribution in [2.75, 3.05) is 18.4 Å². The van der Waals surface area contributed by atoms with Gasteiger partial charge in [-0.3, -0.25) is 9.78 Å². The predicted octanol–water partition coefficient (Wildman–Crippen LogP) is 1.42. The number of amides is 1. The highest BCUT2D eigenvalue weighted by Crippen LogP contribution is 2.13. The molecule has 0 unspecified atom stereocenters. The van der Waals surface area contributed by atoms with E-state index in [1.54, 1.807) is 12.4 Å². The van der Waals surface area contributed by atoms with Gasteiger partial charge in [-0.05, 0) is 12.8 Å². The largest absolute Gasteiger partial charge is 0.369 e. The van der Waals surface area contributed by atoms with Gasteiger partial charge in [0, 0.05) is 19.5 Å². The van der Waals surface area contributed by atoms with E-state index in [0.29, 0.717) is 13.0 Å². The van der Waals surface area contributed by atoms with Gasteiger partial charge in [-0.2, -0.15) is 0 Å². The first-order valence-electron chi connectivity index (χ1n) is 6.12. The molecule has 1 N–H and O–H groups in total. The molecule has 0 radical (unpaired) electrons. The average molecular weight is 234 g/mol. The first-order chi connectivity index (χ1) is 8.29. The van der Waals surface area contributed by atoms with Crippen molar-refractivity contribution in [3.63, 3.8) is 0 Å². The van der Waals surface area contributed by atoms with E-state index in [1.807, 2.05) is 4.90 Å². The average Bonchev–Trinajstić information content (AvgIpc) is 2.74. The summed E-state index contributed by atoms with van der Waals surface area (Å²) in [5.74, 6) is 1.02. The van der Waals surface area contributed by atoms with Crippen molar-refractivity contribution in [1.82, 2.24) is 14.9 Å². The van der Waals surface area contributed by atoms with E-state index in [0.717, 1.165) is 37.4 Å². The Morgan fingerprint density at radius 1 is 1.41 bits per heavy atom. The molecule has 2 rings (SSSR count). The highest BCUT2D eigenvalue weighted by Gasteiger charge is 2.20. The van der Waals surface area contributed by atoms with Crippen LogP contribution >= 0.6 is 0 Å². The maximum atomic E-state index is 11.5. The van der Waals surface area contributed by atoms with Crippen LogP contribution in [0.4, 0.5) is 5.82 Å². The lowest BCUT2D eigenvalue weighted by atomic mass is 10.4. The summed E-state index contributed by atoms with van der Waals surface area (Å²) >= 11 is 0. The van der Waals surface area contributed by atoms with Crippen LogP contribution in [0.5, 0.6) is 0 Å². The van der Waals surface area contributed by atoms with E-state index in [4.69, 9.17) is 0 Å². The normalized spacial score (nSPS) is 15.4. The van der Waals surface area contributed by atoms with Crippen molar-refractivity contribution < 1.29 is 4.79 Å². The van der Waals surface area contributed by atoms with Crippen molar-refractivity contribution in [1.29, 1.82) is 0 Å². The molecule has 0 atom stereocenters. The quantitative estimate of drug-likeness (QED) is 0.837. The van der Waals surface area contributed by atoms with Crippen LogP contribution in [0.1, 0.15) is 31.9 Å². The molecule has 2 heterocycles. The standard InChI is InChI=1S/C12H18N4O/c1-2-5-13-11-8-14-10(7-15-11)9-16-6-3-4-12(16)17/h7-8H,2-6,9H2,1H3,(H,13,15). The molecular weight excluding hydrogens is 216 g/mol. The fraction of sp³-hybridized carbons (Fsp3) is 0.583. The van der Waals surface area contributed by atoms with Crippen LogP contribution in [0.2, 0.25) is 0 Å². The van der Waals surface area contributed by atoms with Gasteiger partial charge >= 0.3 is 0 Å². The zero-order valence-electron chi connectivity index (χ0n) is 10.1. The Morgan fingerprint density at radius 3 is 2.88 bits per heavy atom. The molecule has 1 fully saturated rings. The van der Waals surface area contributed by atoms with Gasteiger partial charge in [0.2, 0.25) is 5.91 Å². The number of nitrogens with zero attached hydrogens (tertiary/aromatic N) is 3. The summed E-state index contributed by atoms with van der Waals surface area (Å²) in [5, 5.41) is 3.17. The number of carbonyl (C=O) groups excluding carboxylic acids is 1. The summed E-state index contributed by atoms with van der Waals surface area (Å²) < 4.78 is 0. The molecule has 1 aromatic rings. The third-order valence-corrected chi connectivity index (χ3v) is 2.79. The van der Waals surface area contributed by atoms with Gasteiger partial charge in [-0.1, -0.05) is 6.92 Å². The number of likely N-dealkylation sites (tertiary alicyclic amines) is 1. The third kappa shape index (κ3) is 3.15. The maximum absolute atomic E-state index is 11.5. The van der Waals surface area contributed by atoms with Crippen molar-refractivity contribution in [2.45, 2.75) is 32.7 Å². The van der Waals surface area contributed by atoms with Crippen LogP contribution in [0, 0.1) is 0 Å². The predicted molar refractivity (Wildman–Crippen MR) is 65.5 cm³/mol. The Morgan fingerprint density at radius 2 is 2.29 bits per heavy atom. The van der Waals surface area contributed by atoms with Crippen molar-refractivity contribution in [3.05, 3.63) is 18.1 Å². The number of anilines is 1. The number of carbonyl (C=O) groups is 1. The highest BCUT2D eigenvalue weighted by atomic mass is 16.2. The molecule has 1 amide bonds. The van der Waals surface area contributed by atoms with Gasteiger partial charge in [0.25, 0.3) is 0 Å². The summed E-state index contributed by atoms with van der Waals surface area (Å²) in [5.41, 5.74) is 0.849. The topological polar surface area (TPSA) is 58.1 Å². The fourth-order valence-corrected chi connectivity index (χ4v) is 1.85. The monoisotopic (exact) mass is 234 g/mol. The molecule has 0 saturated carbocycles. The molecule has 1 aliphatic heterocycles. The molecule has 92 valence electrons. The van der Waals surface area contributed by atoms with Gasteiger partial charge in [0.1, 0.15) is 5.82 Å². The second-order valence-corrected chi connectivity index (χ2v) is 4.24. The second kappa shape index (κ2) is 5.61. The van der Waals surface area contributed by atoms with Gasteiger partial charge in [-0.15, -0.1) is 0 Å². The Hall–Kier alpha value is -1.65. The number of hydrogen-bond acceptors (Lipinski definition) is 4. The molecule has 1 aromatic heterocycles. The Bertz CT molecular complexity index is 377. The van der Waals surface area contributed by atoms with Gasteiger partial charge in [-0.25, -0.2) is 4.98 Å². The highest BCUT2D eigenvalue weighted by molar-refractivity contribution is 5.77. The summed E-state index contributed by atoms with van der Waals surface area (Å²) in [6.07, 6.45) is 6.16. The molecule has 17 heavy (non-hydrogen) atoms. The first kappa shape index (κ1) is 11.8. The minimum absolute atomic E-state index is 0.222. The van der Waals surface area contributed by atoms with Crippen LogP contribution in [0.3, 0.4) is 0 Å². The van der Waals surface area contributed by atoms with E-state index in [1.165, 1.54) is 0 Å². The van der Waals surface area contributed by atoms with Crippen LogP contribution in [0.15, 0.2) is 12.4 Å². The SMILES string of the molecule is CCCNc1cnc(CN2CCCC2=O)cn1. The van der Waals surface area contributed by atoms with E-state index in [9.17, 15) is 4.79 Å². The van der Waals surface area contributed by atoms with Crippen LogP contribution in [0.25, 0.3) is 0 Å². The molecule has 1 saturated heterocycles. The fourth-order valence-electron chi connectivity index (χ4n) is 1.85. The summed E-state index contributed by atoms with van der Waals surface area (Å²) in [7, 11) is 0. The van der Waals surface area contributed by atoms with E-state index in [-0.39, 0.29) is 5.91 Å². The number of aromatic nitrogens is 2. The van der Waals surface area contributed by atoms with Crippen molar-refractivity contribution in [3.8, 4) is 0 Å². The summed E-state index contributed by atoms with van der Waals surface area (Å²) in [6, 6.07) is 0. The number of rotatable bonds is 5. The molecule has 5 heteroatoms. The maximum Gasteiger partial charge on any atom is 0.222 e. The molecular formula is C12H18N4O. The lowest BCUT2D eigenvalue weighted by Gasteiger charge is -2.14. The number of nitrogens with one attached hydrogen (secondary N) is 1. The smallest absolute Gasteiger partial charge is 0.222 e. The summed E-state index contributed by atoms with van der Waals surface area (Å²) in [4.78, 5) is 21.9. The number of hydrogen-bond donors (Lipinski definition) is 1. The molecule has 0 aromatic carbocycles. The zero-order valence-corrected chi connectivity index (χ0v) is 10.1. The zero-order chi connectivity index (χ0) is 12.1. The van der Waals surface area contributed by atoms with E-state index < -0.39 is 0 Å². The van der Waals surface area contributed by atoms with Crippen molar-refractivity contribution in [2.24, 2.45) is 0 Å². The Labute approximate surface area is 101 Å². The van der Waals surface area contributed by atoms with Gasteiger partial charge in [0.15, 0.2) is 0 Å². The summed E-state index contributed by atoms with van der Waals surface area (Å²) in [6.45, 7) is 4.43. The minimum atomic E-state index is 0.222. The van der Waals surface area contributed by atoms with Gasteiger partial charge < -0.3 is 10.2 Å². The van der Waals surface area contributed by atoms with Crippen LogP contribution < -0.4 is 5.32 Å². The lowest BCUT2D eigenvalue weighted by Crippen LogP contribution is -2.24. The van der Waals surface area contributed by atoms with Gasteiger partial charge in [0.05, 0.1) is 24.6 Å².